The van der Waals surface area contributed by atoms with Crippen LogP contribution in [-0.4, -0.2) is 20.8 Å². The zero-order chi connectivity index (χ0) is 17.7. The van der Waals surface area contributed by atoms with Crippen molar-refractivity contribution in [2.24, 2.45) is 13.0 Å². The molecule has 2 N–H and O–H groups in total. The number of hydrogen-bond acceptors (Lipinski definition) is 3. The molecule has 0 aliphatic carbocycles. The van der Waals surface area contributed by atoms with Crippen LogP contribution >= 0.6 is 0 Å². The van der Waals surface area contributed by atoms with Crippen LogP contribution in [0.3, 0.4) is 0 Å². The molecule has 0 aliphatic rings. The van der Waals surface area contributed by atoms with Gasteiger partial charge in [-0.1, -0.05) is 52.0 Å². The van der Waals surface area contributed by atoms with Crippen LogP contribution in [0.25, 0.3) is 0 Å². The smallest absolute Gasteiger partial charge is 0.315 e. The summed E-state index contributed by atoms with van der Waals surface area (Å²) in [7, 11) is 1.80. The van der Waals surface area contributed by atoms with Crippen molar-refractivity contribution in [1.29, 1.82) is 0 Å². The number of aryl methyl sites for hydroxylation is 1. The van der Waals surface area contributed by atoms with Gasteiger partial charge in [0.15, 0.2) is 5.82 Å². The first-order valence-corrected chi connectivity index (χ1v) is 8.35. The van der Waals surface area contributed by atoms with Gasteiger partial charge in [0, 0.05) is 7.05 Å². The first-order chi connectivity index (χ1) is 11.4. The molecule has 1 aromatic carbocycles. The maximum absolute atomic E-state index is 12.2. The van der Waals surface area contributed by atoms with Crippen molar-refractivity contribution >= 4 is 6.03 Å². The number of aromatic nitrogens is 3. The van der Waals surface area contributed by atoms with Crippen molar-refractivity contribution in [3.05, 3.63) is 47.5 Å². The number of nitrogens with one attached hydrogen (secondary N) is 2. The number of carbonyl (C=O) groups is 1. The molecular weight excluding hydrogens is 302 g/mol. The predicted molar refractivity (Wildman–Crippen MR) is 94.5 cm³/mol. The highest BCUT2D eigenvalue weighted by molar-refractivity contribution is 5.74. The summed E-state index contributed by atoms with van der Waals surface area (Å²) < 4.78 is 1.61. The Morgan fingerprint density at radius 2 is 1.75 bits per heavy atom. The maximum Gasteiger partial charge on any atom is 0.315 e. The standard InChI is InChI=1S/C18H27N5O/c1-12(2)14-6-8-15(9-7-14)17(13(3)4)21-18(24)19-10-16-20-11-23(5)22-16/h6-9,11-13,17H,10H2,1-5H3,(H2,19,21,24)/t17-/m0/s1. The molecule has 2 rings (SSSR count). The highest BCUT2D eigenvalue weighted by Gasteiger charge is 2.18. The Labute approximate surface area is 143 Å². The molecule has 1 atom stereocenters. The van der Waals surface area contributed by atoms with Crippen LogP contribution in [0.1, 0.15) is 56.6 Å². The predicted octanol–water partition coefficient (Wildman–Crippen LogP) is 3.14. The fraction of sp³-hybridized carbons (Fsp3) is 0.500. The molecular formula is C18H27N5O. The second kappa shape index (κ2) is 7.95. The van der Waals surface area contributed by atoms with Gasteiger partial charge in [-0.2, -0.15) is 5.10 Å². The van der Waals surface area contributed by atoms with E-state index in [0.717, 1.165) is 5.56 Å². The second-order valence-corrected chi connectivity index (χ2v) is 6.70. The molecule has 24 heavy (non-hydrogen) atoms. The lowest BCUT2D eigenvalue weighted by atomic mass is 9.93. The van der Waals surface area contributed by atoms with Gasteiger partial charge in [-0.25, -0.2) is 9.78 Å². The van der Waals surface area contributed by atoms with Gasteiger partial charge in [0.2, 0.25) is 0 Å². The largest absolute Gasteiger partial charge is 0.331 e. The Bertz CT molecular complexity index is 660. The van der Waals surface area contributed by atoms with Gasteiger partial charge in [-0.05, 0) is 23.0 Å². The fourth-order valence-electron chi connectivity index (χ4n) is 2.54. The van der Waals surface area contributed by atoms with Gasteiger partial charge in [0.1, 0.15) is 6.33 Å². The molecule has 6 heteroatoms. The van der Waals surface area contributed by atoms with Crippen LogP contribution in [0.15, 0.2) is 30.6 Å². The normalized spacial score (nSPS) is 12.5. The molecule has 0 bridgehead atoms. The van der Waals surface area contributed by atoms with E-state index in [1.54, 1.807) is 18.1 Å². The molecule has 1 heterocycles. The number of carbonyl (C=O) groups excluding carboxylic acids is 1. The second-order valence-electron chi connectivity index (χ2n) is 6.70. The third-order valence-electron chi connectivity index (χ3n) is 3.97. The number of hydrogen-bond donors (Lipinski definition) is 2. The van der Waals surface area contributed by atoms with E-state index in [0.29, 0.717) is 18.3 Å². The average Bonchev–Trinajstić information content (AvgIpc) is 2.96. The summed E-state index contributed by atoms with van der Waals surface area (Å²) in [5.74, 6) is 1.38. The first-order valence-electron chi connectivity index (χ1n) is 8.35. The van der Waals surface area contributed by atoms with Gasteiger partial charge in [-0.3, -0.25) is 4.68 Å². The number of nitrogens with zero attached hydrogens (tertiary/aromatic N) is 3. The third kappa shape index (κ3) is 4.81. The molecule has 2 amide bonds. The zero-order valence-electron chi connectivity index (χ0n) is 15.1. The molecule has 2 aromatic rings. The highest BCUT2D eigenvalue weighted by Crippen LogP contribution is 2.24. The van der Waals surface area contributed by atoms with Crippen molar-refractivity contribution in [2.45, 2.75) is 46.2 Å². The first kappa shape index (κ1) is 18.0. The van der Waals surface area contributed by atoms with Crippen molar-refractivity contribution < 1.29 is 4.79 Å². The molecule has 1 aromatic heterocycles. The molecule has 0 spiro atoms. The molecule has 0 fully saturated rings. The molecule has 0 saturated carbocycles. The highest BCUT2D eigenvalue weighted by atomic mass is 16.2. The van der Waals surface area contributed by atoms with Crippen LogP contribution in [0.5, 0.6) is 0 Å². The van der Waals surface area contributed by atoms with Gasteiger partial charge >= 0.3 is 6.03 Å². The molecule has 0 radical (unpaired) electrons. The lowest BCUT2D eigenvalue weighted by Gasteiger charge is -2.23. The Morgan fingerprint density at radius 3 is 2.25 bits per heavy atom. The average molecular weight is 329 g/mol. The van der Waals surface area contributed by atoms with Gasteiger partial charge in [0.25, 0.3) is 0 Å². The van der Waals surface area contributed by atoms with Crippen molar-refractivity contribution in [3.8, 4) is 0 Å². The van der Waals surface area contributed by atoms with E-state index >= 15 is 0 Å². The van der Waals surface area contributed by atoms with Crippen LogP contribution in [-0.2, 0) is 13.6 Å². The van der Waals surface area contributed by atoms with Crippen molar-refractivity contribution in [1.82, 2.24) is 25.4 Å². The van der Waals surface area contributed by atoms with E-state index in [9.17, 15) is 4.79 Å². The van der Waals surface area contributed by atoms with E-state index in [2.05, 4.69) is 72.7 Å². The Hall–Kier alpha value is -2.37. The summed E-state index contributed by atoms with van der Waals surface area (Å²) in [5.41, 5.74) is 2.41. The van der Waals surface area contributed by atoms with Gasteiger partial charge in [0.05, 0.1) is 12.6 Å². The zero-order valence-corrected chi connectivity index (χ0v) is 15.1. The van der Waals surface area contributed by atoms with Crippen molar-refractivity contribution in [2.75, 3.05) is 0 Å². The quantitative estimate of drug-likeness (QED) is 0.855. The molecule has 0 aliphatic heterocycles. The van der Waals surface area contributed by atoms with E-state index < -0.39 is 0 Å². The monoisotopic (exact) mass is 329 g/mol. The Balaban J connectivity index is 1.98. The summed E-state index contributed by atoms with van der Waals surface area (Å²) in [6.07, 6.45) is 1.61. The summed E-state index contributed by atoms with van der Waals surface area (Å²) in [6, 6.07) is 8.21. The maximum atomic E-state index is 12.2. The summed E-state index contributed by atoms with van der Waals surface area (Å²) >= 11 is 0. The van der Waals surface area contributed by atoms with Crippen LogP contribution in [0.4, 0.5) is 4.79 Å². The Morgan fingerprint density at radius 1 is 1.12 bits per heavy atom. The van der Waals surface area contributed by atoms with Crippen molar-refractivity contribution in [3.63, 3.8) is 0 Å². The van der Waals surface area contributed by atoms with E-state index in [4.69, 9.17) is 0 Å². The molecule has 0 unspecified atom stereocenters. The third-order valence-corrected chi connectivity index (χ3v) is 3.97. The minimum absolute atomic E-state index is 0.0390. The van der Waals surface area contributed by atoms with Crippen LogP contribution in [0, 0.1) is 5.92 Å². The van der Waals surface area contributed by atoms with Crippen LogP contribution in [0.2, 0.25) is 0 Å². The topological polar surface area (TPSA) is 71.8 Å². The number of amides is 2. The van der Waals surface area contributed by atoms with Gasteiger partial charge < -0.3 is 10.6 Å². The number of benzene rings is 1. The van der Waals surface area contributed by atoms with E-state index in [-0.39, 0.29) is 18.0 Å². The van der Waals surface area contributed by atoms with Gasteiger partial charge in [-0.15, -0.1) is 0 Å². The minimum Gasteiger partial charge on any atom is -0.331 e. The molecule has 0 saturated heterocycles. The number of rotatable bonds is 6. The Kier molecular flexibility index (Phi) is 5.95. The van der Waals surface area contributed by atoms with E-state index in [1.807, 2.05) is 0 Å². The van der Waals surface area contributed by atoms with E-state index in [1.165, 1.54) is 5.56 Å². The summed E-state index contributed by atoms with van der Waals surface area (Å²) in [4.78, 5) is 16.3. The lowest BCUT2D eigenvalue weighted by Crippen LogP contribution is -2.39. The summed E-state index contributed by atoms with van der Waals surface area (Å²) in [6.45, 7) is 8.85. The SMILES string of the molecule is CC(C)c1ccc([C@@H](NC(=O)NCc2ncn(C)n2)C(C)C)cc1. The number of urea groups is 1. The lowest BCUT2D eigenvalue weighted by molar-refractivity contribution is 0.232. The van der Waals surface area contributed by atoms with Crippen LogP contribution < -0.4 is 10.6 Å². The summed E-state index contributed by atoms with van der Waals surface area (Å²) in [5, 5.41) is 10.00. The molecule has 130 valence electrons. The minimum atomic E-state index is -0.214. The fourth-order valence-corrected chi connectivity index (χ4v) is 2.54. The molecule has 6 nitrogen and oxygen atoms in total.